The van der Waals surface area contributed by atoms with Crippen LogP contribution in [0, 0.1) is 22.6 Å². The molecule has 9 heteroatoms. The summed E-state index contributed by atoms with van der Waals surface area (Å²) in [5, 5.41) is 13.7. The quantitative estimate of drug-likeness (QED) is 0.696. The van der Waals surface area contributed by atoms with Crippen molar-refractivity contribution in [3.8, 4) is 6.07 Å². The van der Waals surface area contributed by atoms with Gasteiger partial charge in [-0.3, -0.25) is 14.5 Å². The number of likely N-dealkylation sites (tertiary alicyclic amines) is 1. The summed E-state index contributed by atoms with van der Waals surface area (Å²) in [6.07, 6.45) is 0. The SMILES string of the molecule is CCOC(=O)[C@]1(C#N)[C@@H](c2c(F)cccc2Cl)CN(C)[C@@]12C(=O)Nc1ccc(Cl)cc12. The lowest BCUT2D eigenvalue weighted by Gasteiger charge is -2.40. The molecule has 2 aliphatic rings. The van der Waals surface area contributed by atoms with E-state index in [9.17, 15) is 14.9 Å². The van der Waals surface area contributed by atoms with Gasteiger partial charge in [0.25, 0.3) is 5.91 Å². The summed E-state index contributed by atoms with van der Waals surface area (Å²) in [7, 11) is 1.61. The van der Waals surface area contributed by atoms with Crippen molar-refractivity contribution in [1.82, 2.24) is 4.90 Å². The van der Waals surface area contributed by atoms with Gasteiger partial charge in [-0.25, -0.2) is 4.39 Å². The number of ether oxygens (including phenoxy) is 1. The first-order chi connectivity index (χ1) is 14.7. The second-order valence-corrected chi connectivity index (χ2v) is 8.41. The van der Waals surface area contributed by atoms with E-state index >= 15 is 4.39 Å². The Hall–Kier alpha value is -2.66. The maximum atomic E-state index is 15.0. The highest BCUT2D eigenvalue weighted by Crippen LogP contribution is 2.63. The van der Waals surface area contributed by atoms with E-state index in [1.54, 1.807) is 37.1 Å². The second kappa shape index (κ2) is 7.49. The van der Waals surface area contributed by atoms with E-state index in [0.29, 0.717) is 16.3 Å². The molecule has 160 valence electrons. The van der Waals surface area contributed by atoms with Gasteiger partial charge in [0.1, 0.15) is 5.82 Å². The molecular weight excluding hydrogens is 444 g/mol. The molecule has 31 heavy (non-hydrogen) atoms. The number of likely N-dealkylation sites (N-methyl/N-ethyl adjacent to an activating group) is 1. The predicted octanol–water partition coefficient (Wildman–Crippen LogP) is 4.08. The highest BCUT2D eigenvalue weighted by Gasteiger charge is 2.76. The molecule has 0 radical (unpaired) electrons. The molecule has 0 unspecified atom stereocenters. The molecule has 2 heterocycles. The number of carbonyl (C=O) groups is 2. The standard InChI is InChI=1S/C22H18Cl2FN3O3/c1-3-31-20(30)21(11-26)14(18-15(24)5-4-6-16(18)25)10-28(2)22(21)13-9-12(23)7-8-17(13)27-19(22)29/h4-9,14H,3,10H2,1-2H3,(H,27,29)/t14-,21+,22+/m1/s1. The molecule has 1 N–H and O–H groups in total. The summed E-state index contributed by atoms with van der Waals surface area (Å²) in [5.74, 6) is -3.26. The van der Waals surface area contributed by atoms with Crippen molar-refractivity contribution >= 4 is 40.8 Å². The Balaban J connectivity index is 2.10. The summed E-state index contributed by atoms with van der Waals surface area (Å²) < 4.78 is 20.3. The first-order valence-electron chi connectivity index (χ1n) is 9.60. The topological polar surface area (TPSA) is 82.4 Å². The Labute approximate surface area is 188 Å². The second-order valence-electron chi connectivity index (χ2n) is 7.56. The van der Waals surface area contributed by atoms with E-state index in [1.807, 2.05) is 0 Å². The molecule has 1 fully saturated rings. The maximum Gasteiger partial charge on any atom is 0.330 e. The largest absolute Gasteiger partial charge is 0.465 e. The monoisotopic (exact) mass is 461 g/mol. The molecule has 0 aliphatic carbocycles. The number of fused-ring (bicyclic) bond motifs is 2. The lowest BCUT2D eigenvalue weighted by Crippen LogP contribution is -2.58. The summed E-state index contributed by atoms with van der Waals surface area (Å²) in [4.78, 5) is 28.6. The van der Waals surface area contributed by atoms with Crippen LogP contribution in [0.4, 0.5) is 10.1 Å². The van der Waals surface area contributed by atoms with Crippen LogP contribution < -0.4 is 5.32 Å². The third-order valence-corrected chi connectivity index (χ3v) is 6.76. The van der Waals surface area contributed by atoms with Gasteiger partial charge in [-0.1, -0.05) is 29.3 Å². The van der Waals surface area contributed by atoms with E-state index < -0.39 is 34.6 Å². The number of benzene rings is 2. The average Bonchev–Trinajstić information content (AvgIpc) is 3.16. The van der Waals surface area contributed by atoms with Crippen LogP contribution in [0.25, 0.3) is 0 Å². The number of carbonyl (C=O) groups excluding carboxylic acids is 2. The molecule has 0 saturated carbocycles. The molecule has 6 nitrogen and oxygen atoms in total. The van der Waals surface area contributed by atoms with E-state index in [4.69, 9.17) is 27.9 Å². The first kappa shape index (κ1) is 21.6. The summed E-state index contributed by atoms with van der Waals surface area (Å²) in [5.41, 5.74) is -3.14. The number of nitrogens with one attached hydrogen (secondary N) is 1. The van der Waals surface area contributed by atoms with Gasteiger partial charge in [-0.15, -0.1) is 0 Å². The number of anilines is 1. The zero-order valence-electron chi connectivity index (χ0n) is 16.7. The van der Waals surface area contributed by atoms with Gasteiger partial charge in [0.05, 0.1) is 12.7 Å². The Bertz CT molecular complexity index is 1130. The van der Waals surface area contributed by atoms with Crippen LogP contribution in [0.2, 0.25) is 10.0 Å². The highest BCUT2D eigenvalue weighted by molar-refractivity contribution is 6.31. The zero-order chi connectivity index (χ0) is 22.6. The van der Waals surface area contributed by atoms with Crippen molar-refractivity contribution in [2.24, 2.45) is 5.41 Å². The third kappa shape index (κ3) is 2.65. The fourth-order valence-corrected chi connectivity index (χ4v) is 5.49. The smallest absolute Gasteiger partial charge is 0.330 e. The Kier molecular flexibility index (Phi) is 5.21. The fraction of sp³-hybridized carbons (Fsp3) is 0.318. The Morgan fingerprint density at radius 2 is 2.13 bits per heavy atom. The number of nitrogens with zero attached hydrogens (tertiary/aromatic N) is 2. The van der Waals surface area contributed by atoms with Gasteiger partial charge >= 0.3 is 5.97 Å². The molecule has 2 aliphatic heterocycles. The third-order valence-electron chi connectivity index (χ3n) is 6.19. The van der Waals surface area contributed by atoms with Gasteiger partial charge in [-0.2, -0.15) is 5.26 Å². The zero-order valence-corrected chi connectivity index (χ0v) is 18.2. The van der Waals surface area contributed by atoms with Crippen LogP contribution in [0.3, 0.4) is 0 Å². The highest BCUT2D eigenvalue weighted by atomic mass is 35.5. The molecule has 1 saturated heterocycles. The van der Waals surface area contributed by atoms with Gasteiger partial charge in [0, 0.05) is 39.3 Å². The van der Waals surface area contributed by atoms with E-state index in [1.165, 1.54) is 18.2 Å². The number of nitriles is 1. The first-order valence-corrected chi connectivity index (χ1v) is 10.4. The summed E-state index contributed by atoms with van der Waals surface area (Å²) in [6.45, 7) is 1.58. The molecular formula is C22H18Cl2FN3O3. The summed E-state index contributed by atoms with van der Waals surface area (Å²) in [6, 6.07) is 10.9. The van der Waals surface area contributed by atoms with Crippen molar-refractivity contribution in [3.05, 3.63) is 63.4 Å². The van der Waals surface area contributed by atoms with Crippen molar-refractivity contribution in [2.45, 2.75) is 18.4 Å². The number of rotatable bonds is 3. The Morgan fingerprint density at radius 3 is 2.77 bits per heavy atom. The molecule has 3 atom stereocenters. The molecule has 4 rings (SSSR count). The van der Waals surface area contributed by atoms with Crippen molar-refractivity contribution in [2.75, 3.05) is 25.5 Å². The molecule has 0 aromatic heterocycles. The van der Waals surface area contributed by atoms with Crippen LogP contribution in [0.15, 0.2) is 36.4 Å². The molecule has 2 aromatic carbocycles. The lowest BCUT2D eigenvalue weighted by molar-refractivity contribution is -0.161. The van der Waals surface area contributed by atoms with Crippen LogP contribution >= 0.6 is 23.2 Å². The Morgan fingerprint density at radius 1 is 1.39 bits per heavy atom. The van der Waals surface area contributed by atoms with E-state index in [-0.39, 0.29) is 23.7 Å². The predicted molar refractivity (Wildman–Crippen MR) is 113 cm³/mol. The lowest BCUT2D eigenvalue weighted by atomic mass is 9.61. The maximum absolute atomic E-state index is 15.0. The number of halogens is 3. The van der Waals surface area contributed by atoms with Crippen LogP contribution in [-0.4, -0.2) is 37.0 Å². The van der Waals surface area contributed by atoms with Crippen LogP contribution in [0.5, 0.6) is 0 Å². The normalized spacial score (nSPS) is 27.1. The van der Waals surface area contributed by atoms with Crippen molar-refractivity contribution < 1.29 is 18.7 Å². The molecule has 2 aromatic rings. The van der Waals surface area contributed by atoms with Crippen molar-refractivity contribution in [1.29, 1.82) is 5.26 Å². The molecule has 1 amide bonds. The van der Waals surface area contributed by atoms with Crippen LogP contribution in [0.1, 0.15) is 24.0 Å². The van der Waals surface area contributed by atoms with E-state index in [2.05, 4.69) is 11.4 Å². The molecule has 1 spiro atoms. The number of amides is 1. The van der Waals surface area contributed by atoms with Gasteiger partial charge in [0.15, 0.2) is 11.0 Å². The number of esters is 1. The number of hydrogen-bond acceptors (Lipinski definition) is 5. The molecule has 0 bridgehead atoms. The van der Waals surface area contributed by atoms with Crippen molar-refractivity contribution in [3.63, 3.8) is 0 Å². The average molecular weight is 462 g/mol. The van der Waals surface area contributed by atoms with Gasteiger partial charge in [0.2, 0.25) is 0 Å². The van der Waals surface area contributed by atoms with Gasteiger partial charge in [-0.05, 0) is 44.3 Å². The number of hydrogen-bond donors (Lipinski definition) is 1. The minimum atomic E-state index is -2.12. The minimum Gasteiger partial charge on any atom is -0.465 e. The minimum absolute atomic E-state index is 0.00635. The summed E-state index contributed by atoms with van der Waals surface area (Å²) >= 11 is 12.6. The van der Waals surface area contributed by atoms with E-state index in [0.717, 1.165) is 0 Å². The van der Waals surface area contributed by atoms with Gasteiger partial charge < -0.3 is 10.1 Å². The van der Waals surface area contributed by atoms with Crippen LogP contribution in [-0.2, 0) is 19.9 Å². The fourth-order valence-electron chi connectivity index (χ4n) is 5.02.